The van der Waals surface area contributed by atoms with Crippen LogP contribution in [0.15, 0.2) is 29.5 Å². The van der Waals surface area contributed by atoms with Crippen molar-refractivity contribution in [2.45, 2.75) is 19.4 Å². The molecule has 0 aliphatic carbocycles. The van der Waals surface area contributed by atoms with E-state index in [4.69, 9.17) is 9.47 Å². The zero-order valence-electron chi connectivity index (χ0n) is 17.2. The molecule has 0 aliphatic rings. The van der Waals surface area contributed by atoms with Gasteiger partial charge in [-0.25, -0.2) is 4.98 Å². The third-order valence-corrected chi connectivity index (χ3v) is 4.54. The number of aromatic amines is 1. The second kappa shape index (κ2) is 10.9. The van der Waals surface area contributed by atoms with E-state index in [1.807, 2.05) is 19.2 Å². The van der Waals surface area contributed by atoms with Crippen molar-refractivity contribution in [1.82, 2.24) is 30.4 Å². The molecule has 0 aliphatic heterocycles. The highest BCUT2D eigenvalue weighted by Gasteiger charge is 2.09. The van der Waals surface area contributed by atoms with Crippen LogP contribution in [0, 0.1) is 0 Å². The van der Waals surface area contributed by atoms with E-state index in [2.05, 4.69) is 36.8 Å². The number of hydrogen-bond donors (Lipinski definition) is 3. The molecule has 2 aromatic heterocycles. The number of nitrogens with one attached hydrogen (secondary N) is 3. The first-order valence-electron chi connectivity index (χ1n) is 9.15. The molecule has 0 amide bonds. The third-order valence-electron chi connectivity index (χ3n) is 4.54. The number of hydrogen-bond acceptors (Lipinski definition) is 5. The normalized spacial score (nSPS) is 11.2. The number of H-pyrrole nitrogens is 1. The number of rotatable bonds is 8. The number of fused-ring (bicyclic) bond motifs is 1. The summed E-state index contributed by atoms with van der Waals surface area (Å²) < 4.78 is 12.5. The van der Waals surface area contributed by atoms with Crippen LogP contribution in [0.25, 0.3) is 10.9 Å². The highest BCUT2D eigenvalue weighted by atomic mass is 127. The van der Waals surface area contributed by atoms with Crippen molar-refractivity contribution in [1.29, 1.82) is 0 Å². The number of halogens is 1. The van der Waals surface area contributed by atoms with Crippen molar-refractivity contribution < 1.29 is 9.47 Å². The average Bonchev–Trinajstić information content (AvgIpc) is 3.31. The summed E-state index contributed by atoms with van der Waals surface area (Å²) in [5.41, 5.74) is 2.17. The molecule has 3 N–H and O–H groups in total. The molecule has 0 radical (unpaired) electrons. The summed E-state index contributed by atoms with van der Waals surface area (Å²) >= 11 is 0. The van der Waals surface area contributed by atoms with Crippen LogP contribution in [-0.4, -0.2) is 53.5 Å². The van der Waals surface area contributed by atoms with Gasteiger partial charge in [-0.05, 0) is 18.9 Å². The van der Waals surface area contributed by atoms with Gasteiger partial charge in [0, 0.05) is 43.9 Å². The quantitative estimate of drug-likeness (QED) is 0.185. The predicted molar refractivity (Wildman–Crippen MR) is 124 cm³/mol. The molecule has 3 aromatic rings. The zero-order chi connectivity index (χ0) is 19.9. The SMILES string of the molecule is CN=C(NCCCc1cc2c(OC)cc(OC)cc2[nH]1)NCc1ncnn1C.I. The number of benzene rings is 1. The number of ether oxygens (including phenoxy) is 2. The minimum absolute atomic E-state index is 0. The van der Waals surface area contributed by atoms with Gasteiger partial charge in [0.15, 0.2) is 5.96 Å². The molecule has 158 valence electrons. The van der Waals surface area contributed by atoms with E-state index < -0.39 is 0 Å². The van der Waals surface area contributed by atoms with Gasteiger partial charge >= 0.3 is 0 Å². The van der Waals surface area contributed by atoms with Crippen LogP contribution in [0.2, 0.25) is 0 Å². The fraction of sp³-hybridized carbons (Fsp3) is 0.421. The van der Waals surface area contributed by atoms with Gasteiger partial charge in [0.2, 0.25) is 0 Å². The van der Waals surface area contributed by atoms with Crippen molar-refractivity contribution in [3.63, 3.8) is 0 Å². The van der Waals surface area contributed by atoms with Gasteiger partial charge in [-0.3, -0.25) is 9.67 Å². The van der Waals surface area contributed by atoms with Crippen molar-refractivity contribution in [2.75, 3.05) is 27.8 Å². The summed E-state index contributed by atoms with van der Waals surface area (Å²) in [6.45, 7) is 1.37. The summed E-state index contributed by atoms with van der Waals surface area (Å²) in [5, 5.41) is 11.7. The molecule has 0 fully saturated rings. The lowest BCUT2D eigenvalue weighted by atomic mass is 10.2. The topological polar surface area (TPSA) is 101 Å². The Balaban J connectivity index is 0.00000300. The Morgan fingerprint density at radius 3 is 2.69 bits per heavy atom. The van der Waals surface area contributed by atoms with E-state index in [-0.39, 0.29) is 24.0 Å². The van der Waals surface area contributed by atoms with E-state index in [0.717, 1.165) is 59.3 Å². The summed E-state index contributed by atoms with van der Waals surface area (Å²) in [5.74, 6) is 3.18. The Hall–Kier alpha value is -2.50. The summed E-state index contributed by atoms with van der Waals surface area (Å²) in [4.78, 5) is 11.9. The molecule has 3 rings (SSSR count). The first-order chi connectivity index (χ1) is 13.6. The van der Waals surface area contributed by atoms with Crippen LogP contribution in [0.5, 0.6) is 11.5 Å². The number of aliphatic imine (C=N–C) groups is 1. The molecule has 0 spiro atoms. The smallest absolute Gasteiger partial charge is 0.191 e. The maximum atomic E-state index is 5.47. The molecular weight excluding hydrogens is 485 g/mol. The maximum Gasteiger partial charge on any atom is 0.191 e. The fourth-order valence-electron chi connectivity index (χ4n) is 3.01. The van der Waals surface area contributed by atoms with Gasteiger partial charge in [0.25, 0.3) is 0 Å². The Kier molecular flexibility index (Phi) is 8.55. The molecule has 29 heavy (non-hydrogen) atoms. The molecule has 1 aromatic carbocycles. The number of aryl methyl sites for hydroxylation is 2. The van der Waals surface area contributed by atoms with Gasteiger partial charge in [-0.2, -0.15) is 5.10 Å². The number of methoxy groups -OCH3 is 2. The van der Waals surface area contributed by atoms with Crippen molar-refractivity contribution in [3.05, 3.63) is 36.0 Å². The first-order valence-corrected chi connectivity index (χ1v) is 9.15. The molecule has 0 bridgehead atoms. The monoisotopic (exact) mass is 513 g/mol. The van der Waals surface area contributed by atoms with Crippen molar-refractivity contribution >= 4 is 40.8 Å². The molecule has 0 unspecified atom stereocenters. The molecule has 0 saturated heterocycles. The lowest BCUT2D eigenvalue weighted by molar-refractivity contribution is 0.398. The molecule has 0 saturated carbocycles. The second-order valence-electron chi connectivity index (χ2n) is 6.34. The van der Waals surface area contributed by atoms with E-state index in [1.54, 1.807) is 25.9 Å². The number of aromatic nitrogens is 4. The minimum atomic E-state index is 0. The van der Waals surface area contributed by atoms with Crippen LogP contribution in [0.3, 0.4) is 0 Å². The Morgan fingerprint density at radius 2 is 2.03 bits per heavy atom. The minimum Gasteiger partial charge on any atom is -0.497 e. The summed E-state index contributed by atoms with van der Waals surface area (Å²) in [6.07, 6.45) is 3.41. The van der Waals surface area contributed by atoms with Gasteiger partial charge in [-0.1, -0.05) is 0 Å². The lowest BCUT2D eigenvalue weighted by Crippen LogP contribution is -2.38. The van der Waals surface area contributed by atoms with E-state index in [1.165, 1.54) is 6.33 Å². The third kappa shape index (κ3) is 5.75. The van der Waals surface area contributed by atoms with Gasteiger partial charge in [0.1, 0.15) is 23.7 Å². The Bertz CT molecular complexity index is 951. The molecule has 2 heterocycles. The largest absolute Gasteiger partial charge is 0.497 e. The standard InChI is InChI=1S/C19H27N7O2.HI/c1-20-19(22-11-18-23-12-24-26(18)2)21-7-5-6-13-8-15-16(25-13)9-14(27-3)10-17(15)28-4;/h8-10,12,25H,5-7,11H2,1-4H3,(H2,20,21,22);1H. The Labute approximate surface area is 187 Å². The van der Waals surface area contributed by atoms with Gasteiger partial charge in [-0.15, -0.1) is 24.0 Å². The summed E-state index contributed by atoms with van der Waals surface area (Å²) in [7, 11) is 6.94. The fourth-order valence-corrected chi connectivity index (χ4v) is 3.01. The highest BCUT2D eigenvalue weighted by molar-refractivity contribution is 14.0. The van der Waals surface area contributed by atoms with Crippen molar-refractivity contribution in [2.24, 2.45) is 12.0 Å². The molecule has 9 nitrogen and oxygen atoms in total. The zero-order valence-corrected chi connectivity index (χ0v) is 19.5. The van der Waals surface area contributed by atoms with E-state index in [9.17, 15) is 0 Å². The van der Waals surface area contributed by atoms with Crippen LogP contribution >= 0.6 is 24.0 Å². The number of guanidine groups is 1. The first kappa shape index (κ1) is 22.8. The van der Waals surface area contributed by atoms with Gasteiger partial charge in [0.05, 0.1) is 26.3 Å². The molecule has 0 atom stereocenters. The number of nitrogens with zero attached hydrogens (tertiary/aromatic N) is 4. The van der Waals surface area contributed by atoms with Crippen LogP contribution < -0.4 is 20.1 Å². The summed E-state index contributed by atoms with van der Waals surface area (Å²) in [6, 6.07) is 6.01. The van der Waals surface area contributed by atoms with E-state index in [0.29, 0.717) is 6.54 Å². The predicted octanol–water partition coefficient (Wildman–Crippen LogP) is 2.23. The molecule has 10 heteroatoms. The lowest BCUT2D eigenvalue weighted by Gasteiger charge is -2.11. The van der Waals surface area contributed by atoms with E-state index >= 15 is 0 Å². The van der Waals surface area contributed by atoms with Crippen LogP contribution in [-0.2, 0) is 20.0 Å². The average molecular weight is 513 g/mol. The highest BCUT2D eigenvalue weighted by Crippen LogP contribution is 2.31. The second-order valence-corrected chi connectivity index (χ2v) is 6.34. The maximum absolute atomic E-state index is 5.47. The van der Waals surface area contributed by atoms with Gasteiger partial charge < -0.3 is 25.1 Å². The molecular formula is C19H28IN7O2. The van der Waals surface area contributed by atoms with Crippen LogP contribution in [0.1, 0.15) is 17.9 Å². The van der Waals surface area contributed by atoms with Crippen LogP contribution in [0.4, 0.5) is 0 Å². The van der Waals surface area contributed by atoms with Crippen molar-refractivity contribution in [3.8, 4) is 11.5 Å². The Morgan fingerprint density at radius 1 is 1.21 bits per heavy atom.